The molecule has 0 fully saturated rings. The summed E-state index contributed by atoms with van der Waals surface area (Å²) in [6.45, 7) is 0. The Bertz CT molecular complexity index is 696. The molecule has 0 saturated heterocycles. The number of rotatable bonds is 4. The molecule has 0 bridgehead atoms. The van der Waals surface area contributed by atoms with Crippen LogP contribution < -0.4 is 0 Å². The monoisotopic (exact) mass is 456 g/mol. The fourth-order valence-electron chi connectivity index (χ4n) is 2.60. The predicted octanol–water partition coefficient (Wildman–Crippen LogP) is 5.85. The number of benzene rings is 2. The summed E-state index contributed by atoms with van der Waals surface area (Å²) in [6, 6.07) is 16.1. The molecule has 0 radical (unpaired) electrons. The van der Waals surface area contributed by atoms with Gasteiger partial charge in [0.1, 0.15) is 5.41 Å². The third-order valence-corrected chi connectivity index (χ3v) is 4.64. The summed E-state index contributed by atoms with van der Waals surface area (Å²) in [4.78, 5) is 26.4. The average Bonchev–Trinajstić information content (AvgIpc) is 2.55. The lowest BCUT2D eigenvalue weighted by molar-refractivity contribution is -0.132. The van der Waals surface area contributed by atoms with Crippen LogP contribution in [0.2, 0.25) is 0 Å². The van der Waals surface area contributed by atoms with Crippen molar-refractivity contribution in [3.05, 3.63) is 71.8 Å². The van der Waals surface area contributed by atoms with Crippen LogP contribution in [0.4, 0.5) is 0 Å². The average molecular weight is 459 g/mol. The minimum Gasteiger partial charge on any atom is -0.293 e. The van der Waals surface area contributed by atoms with Crippen molar-refractivity contribution in [3.8, 4) is 0 Å². The lowest BCUT2D eigenvalue weighted by Crippen LogP contribution is -2.54. The number of alkyl halides is 6. The molecule has 2 aromatic carbocycles. The maximum Gasteiger partial charge on any atom is 0.250 e. The molecule has 25 heavy (non-hydrogen) atoms. The molecule has 0 spiro atoms. The smallest absolute Gasteiger partial charge is 0.250 e. The third-order valence-electron chi connectivity index (χ3n) is 3.61. The van der Waals surface area contributed by atoms with Crippen molar-refractivity contribution in [3.63, 3.8) is 0 Å². The van der Waals surface area contributed by atoms with Gasteiger partial charge < -0.3 is 0 Å². The Morgan fingerprint density at radius 1 is 0.560 bits per heavy atom. The van der Waals surface area contributed by atoms with Gasteiger partial charge in [0.15, 0.2) is 0 Å². The van der Waals surface area contributed by atoms with Gasteiger partial charge in [-0.2, -0.15) is 0 Å². The van der Waals surface area contributed by atoms with Gasteiger partial charge in [0.2, 0.25) is 19.2 Å². The summed E-state index contributed by atoms with van der Waals surface area (Å²) in [5.41, 5.74) is -1.64. The van der Waals surface area contributed by atoms with Crippen LogP contribution in [0.3, 0.4) is 0 Å². The van der Waals surface area contributed by atoms with Crippen molar-refractivity contribution >= 4 is 81.2 Å². The zero-order chi connectivity index (χ0) is 18.9. The zero-order valence-corrected chi connectivity index (χ0v) is 16.9. The highest BCUT2D eigenvalue weighted by molar-refractivity contribution is 6.80. The second kappa shape index (κ2) is 7.64. The molecule has 2 aromatic rings. The van der Waals surface area contributed by atoms with Gasteiger partial charge in [-0.25, -0.2) is 0 Å². The van der Waals surface area contributed by atoms with Crippen molar-refractivity contribution in [2.45, 2.75) is 13.0 Å². The molecule has 0 unspecified atom stereocenters. The molecule has 0 heterocycles. The molecule has 0 saturated carbocycles. The van der Waals surface area contributed by atoms with Crippen LogP contribution >= 0.6 is 69.6 Å². The van der Waals surface area contributed by atoms with Crippen molar-refractivity contribution < 1.29 is 9.59 Å². The topological polar surface area (TPSA) is 34.1 Å². The van der Waals surface area contributed by atoms with Gasteiger partial charge in [-0.1, -0.05) is 130 Å². The Morgan fingerprint density at radius 3 is 1.08 bits per heavy atom. The van der Waals surface area contributed by atoms with E-state index in [1.54, 1.807) is 36.4 Å². The predicted molar refractivity (Wildman–Crippen MR) is 104 cm³/mol. The Hall–Kier alpha value is -0.480. The maximum atomic E-state index is 13.2. The molecule has 2 nitrogen and oxygen atoms in total. The highest BCUT2D eigenvalue weighted by Crippen LogP contribution is 2.47. The van der Waals surface area contributed by atoms with Crippen LogP contribution in [0, 0.1) is 0 Å². The molecule has 132 valence electrons. The molecule has 0 aliphatic carbocycles. The van der Waals surface area contributed by atoms with Gasteiger partial charge in [0.25, 0.3) is 0 Å². The Labute approximate surface area is 174 Å². The van der Waals surface area contributed by atoms with Gasteiger partial charge >= 0.3 is 0 Å². The molecule has 0 amide bonds. The first-order valence-electron chi connectivity index (χ1n) is 6.86. The number of hydrogen-bond donors (Lipinski definition) is 0. The molecular weight excluding hydrogens is 449 g/mol. The minimum atomic E-state index is -2.42. The minimum absolute atomic E-state index is 0.230. The second-order valence-electron chi connectivity index (χ2n) is 5.14. The van der Waals surface area contributed by atoms with Gasteiger partial charge in [0.05, 0.1) is 0 Å². The van der Waals surface area contributed by atoms with Crippen LogP contribution in [0.1, 0.15) is 11.1 Å². The van der Waals surface area contributed by atoms with E-state index in [4.69, 9.17) is 69.6 Å². The molecule has 2 rings (SSSR count). The van der Waals surface area contributed by atoms with E-state index in [0.717, 1.165) is 0 Å². The van der Waals surface area contributed by atoms with Crippen molar-refractivity contribution in [1.29, 1.82) is 0 Å². The van der Waals surface area contributed by atoms with Gasteiger partial charge in [-0.05, 0) is 11.1 Å². The summed E-state index contributed by atoms with van der Waals surface area (Å²) < 4.78 is -4.84. The van der Waals surface area contributed by atoms with Crippen molar-refractivity contribution in [2.24, 2.45) is 0 Å². The first-order valence-corrected chi connectivity index (χ1v) is 9.13. The van der Waals surface area contributed by atoms with Crippen LogP contribution in [0.5, 0.6) is 0 Å². The lowest BCUT2D eigenvalue weighted by Gasteiger charge is -2.36. The van der Waals surface area contributed by atoms with Crippen LogP contribution in [-0.4, -0.2) is 19.2 Å². The normalized spacial score (nSPS) is 12.7. The maximum absolute atomic E-state index is 13.2. The first kappa shape index (κ1) is 20.8. The molecule has 0 aliphatic heterocycles. The Kier molecular flexibility index (Phi) is 6.36. The molecule has 0 N–H and O–H groups in total. The SMILES string of the molecule is O=C(C(Cl)(Cl)Cl)C(C(=O)C(Cl)(Cl)Cl)(c1ccccc1)c1ccccc1. The van der Waals surface area contributed by atoms with E-state index in [1.807, 2.05) is 0 Å². The third kappa shape index (κ3) is 4.10. The largest absolute Gasteiger partial charge is 0.293 e. The van der Waals surface area contributed by atoms with Crippen LogP contribution in [0.25, 0.3) is 0 Å². The van der Waals surface area contributed by atoms with E-state index in [-0.39, 0.29) is 11.1 Å². The number of carbonyl (C=O) groups is 2. The fourth-order valence-corrected chi connectivity index (χ4v) is 3.45. The number of ketones is 2. The number of hydrogen-bond acceptors (Lipinski definition) is 2. The Morgan fingerprint density at radius 2 is 0.840 bits per heavy atom. The molecular formula is C17H10Cl6O2. The van der Waals surface area contributed by atoms with E-state index in [1.165, 1.54) is 24.3 Å². The number of halogens is 6. The van der Waals surface area contributed by atoms with E-state index in [9.17, 15) is 9.59 Å². The lowest BCUT2D eigenvalue weighted by atomic mass is 9.68. The summed E-state index contributed by atoms with van der Waals surface area (Å²) in [7, 11) is 0. The number of carbonyl (C=O) groups excluding carboxylic acids is 2. The van der Waals surface area contributed by atoms with E-state index in [0.29, 0.717) is 0 Å². The summed E-state index contributed by atoms with van der Waals surface area (Å²) in [6.07, 6.45) is 0. The standard InChI is InChI=1S/C17H10Cl6O2/c18-16(19,20)13(24)15(14(25)17(21,22)23,11-7-3-1-4-8-11)12-9-5-2-6-10-12/h1-10H. The molecule has 0 aliphatic rings. The molecule has 0 aromatic heterocycles. The highest BCUT2D eigenvalue weighted by atomic mass is 35.6. The zero-order valence-electron chi connectivity index (χ0n) is 12.4. The highest BCUT2D eigenvalue weighted by Gasteiger charge is 2.60. The molecule has 8 heteroatoms. The van der Waals surface area contributed by atoms with Crippen molar-refractivity contribution in [2.75, 3.05) is 0 Å². The second-order valence-corrected chi connectivity index (χ2v) is 9.70. The van der Waals surface area contributed by atoms with Gasteiger partial charge in [-0.15, -0.1) is 0 Å². The fraction of sp³-hybridized carbons (Fsp3) is 0.176. The summed E-state index contributed by atoms with van der Waals surface area (Å²) >= 11 is 35.2. The molecule has 0 atom stereocenters. The van der Waals surface area contributed by atoms with E-state index in [2.05, 4.69) is 0 Å². The van der Waals surface area contributed by atoms with E-state index >= 15 is 0 Å². The summed E-state index contributed by atoms with van der Waals surface area (Å²) in [5.74, 6) is -2.06. The van der Waals surface area contributed by atoms with Crippen LogP contribution in [0.15, 0.2) is 60.7 Å². The van der Waals surface area contributed by atoms with Gasteiger partial charge in [-0.3, -0.25) is 9.59 Å². The van der Waals surface area contributed by atoms with Gasteiger partial charge in [0, 0.05) is 0 Å². The number of Topliss-reactive ketones (excluding diaryl/α,β-unsaturated/α-hetero) is 2. The van der Waals surface area contributed by atoms with Crippen LogP contribution in [-0.2, 0) is 15.0 Å². The quantitative estimate of drug-likeness (QED) is 0.425. The van der Waals surface area contributed by atoms with Crippen molar-refractivity contribution in [1.82, 2.24) is 0 Å². The van der Waals surface area contributed by atoms with E-state index < -0.39 is 24.6 Å². The first-order chi connectivity index (χ1) is 11.5. The summed E-state index contributed by atoms with van der Waals surface area (Å²) in [5, 5.41) is 0. The Balaban J connectivity index is 2.94.